The molecule has 27 heavy (non-hydrogen) atoms. The van der Waals surface area contributed by atoms with Crippen molar-refractivity contribution in [1.29, 1.82) is 0 Å². The number of thiocarbonyl (C=S) groups is 1. The summed E-state index contributed by atoms with van der Waals surface area (Å²) in [5, 5.41) is 8.10. The van der Waals surface area contributed by atoms with Crippen LogP contribution >= 0.6 is 24.0 Å². The van der Waals surface area contributed by atoms with E-state index in [0.29, 0.717) is 15.8 Å². The molecular formula is C19H17N3O3S2. The Morgan fingerprint density at radius 2 is 1.96 bits per heavy atom. The number of nitrogens with one attached hydrogen (secondary N) is 1. The molecule has 3 rings (SSSR count). The fourth-order valence-corrected chi connectivity index (χ4v) is 3.18. The lowest BCUT2D eigenvalue weighted by Crippen LogP contribution is -2.22. The highest BCUT2D eigenvalue weighted by Gasteiger charge is 2.25. The van der Waals surface area contributed by atoms with E-state index in [9.17, 15) is 9.59 Å². The predicted octanol–water partition coefficient (Wildman–Crippen LogP) is 3.21. The van der Waals surface area contributed by atoms with Crippen molar-refractivity contribution < 1.29 is 14.3 Å². The maximum Gasteiger partial charge on any atom is 0.262 e. The normalized spacial score (nSPS) is 14.0. The minimum atomic E-state index is -0.233. The average Bonchev–Trinajstić information content (AvgIpc) is 2.99. The Labute approximate surface area is 166 Å². The van der Waals surface area contributed by atoms with Crippen molar-refractivity contribution in [3.8, 4) is 5.75 Å². The number of thioether (sulfide) groups is 1. The summed E-state index contributed by atoms with van der Waals surface area (Å²) >= 11 is 6.36. The van der Waals surface area contributed by atoms with Crippen LogP contribution in [0.5, 0.6) is 5.75 Å². The van der Waals surface area contributed by atoms with Crippen molar-refractivity contribution >= 4 is 52.0 Å². The molecule has 8 heteroatoms. The summed E-state index contributed by atoms with van der Waals surface area (Å²) in [5.74, 6) is 0.534. The van der Waals surface area contributed by atoms with Gasteiger partial charge < -0.3 is 10.1 Å². The largest absolute Gasteiger partial charge is 0.484 e. The second-order valence-electron chi connectivity index (χ2n) is 5.78. The summed E-state index contributed by atoms with van der Waals surface area (Å²) in [6, 6.07) is 14.6. The molecule has 1 aliphatic heterocycles. The monoisotopic (exact) mass is 399 g/mol. The van der Waals surface area contributed by atoms with E-state index in [-0.39, 0.29) is 18.4 Å². The first kappa shape index (κ1) is 19.1. The van der Waals surface area contributed by atoms with Gasteiger partial charge in [-0.2, -0.15) is 10.1 Å². The molecule has 1 N–H and O–H groups in total. The molecule has 0 unspecified atom stereocenters. The minimum Gasteiger partial charge on any atom is -0.484 e. The van der Waals surface area contributed by atoms with Crippen LogP contribution in [0.25, 0.3) is 0 Å². The molecule has 1 heterocycles. The molecule has 0 bridgehead atoms. The van der Waals surface area contributed by atoms with Crippen LogP contribution in [-0.2, 0) is 9.59 Å². The fraction of sp³-hybridized carbons (Fsp3) is 0.158. The molecule has 2 aromatic rings. The lowest BCUT2D eigenvalue weighted by atomic mass is 10.2. The van der Waals surface area contributed by atoms with E-state index in [4.69, 9.17) is 17.0 Å². The van der Waals surface area contributed by atoms with Crippen LogP contribution in [0.3, 0.4) is 0 Å². The van der Waals surface area contributed by atoms with Gasteiger partial charge in [-0.3, -0.25) is 9.59 Å². The van der Waals surface area contributed by atoms with E-state index in [1.807, 2.05) is 31.2 Å². The van der Waals surface area contributed by atoms with Gasteiger partial charge in [0.2, 0.25) is 0 Å². The van der Waals surface area contributed by atoms with Crippen molar-refractivity contribution in [2.45, 2.75) is 6.92 Å². The first-order valence-corrected chi connectivity index (χ1v) is 9.54. The molecule has 138 valence electrons. The lowest BCUT2D eigenvalue weighted by molar-refractivity contribution is -0.124. The van der Waals surface area contributed by atoms with Gasteiger partial charge in [-0.05, 0) is 48.9 Å². The Morgan fingerprint density at radius 3 is 2.59 bits per heavy atom. The molecule has 6 nitrogen and oxygen atoms in total. The van der Waals surface area contributed by atoms with Crippen LogP contribution in [0, 0.1) is 6.92 Å². The minimum absolute atomic E-state index is 0.0882. The van der Waals surface area contributed by atoms with Crippen LogP contribution in [0.4, 0.5) is 5.69 Å². The van der Waals surface area contributed by atoms with Gasteiger partial charge in [0.1, 0.15) is 5.75 Å². The number of anilines is 1. The fourth-order valence-electron chi connectivity index (χ4n) is 2.22. The topological polar surface area (TPSA) is 71.0 Å². The van der Waals surface area contributed by atoms with Crippen LogP contribution in [0.1, 0.15) is 11.1 Å². The number of rotatable bonds is 6. The quantitative estimate of drug-likeness (QED) is 0.597. The molecule has 1 saturated heterocycles. The lowest BCUT2D eigenvalue weighted by Gasteiger charge is -2.08. The van der Waals surface area contributed by atoms with E-state index in [1.54, 1.807) is 30.5 Å². The second kappa shape index (κ2) is 8.79. The molecular weight excluding hydrogens is 382 g/mol. The molecule has 0 atom stereocenters. The van der Waals surface area contributed by atoms with Crippen molar-refractivity contribution in [2.75, 3.05) is 17.7 Å². The van der Waals surface area contributed by atoms with E-state index >= 15 is 0 Å². The number of nitrogens with zero attached hydrogens (tertiary/aromatic N) is 2. The summed E-state index contributed by atoms with van der Waals surface area (Å²) in [5.41, 5.74) is 2.65. The van der Waals surface area contributed by atoms with Gasteiger partial charge in [-0.25, -0.2) is 0 Å². The van der Waals surface area contributed by atoms with Crippen molar-refractivity contribution in [2.24, 2.45) is 5.10 Å². The predicted molar refractivity (Wildman–Crippen MR) is 111 cm³/mol. The van der Waals surface area contributed by atoms with Crippen molar-refractivity contribution in [3.05, 3.63) is 59.7 Å². The maximum absolute atomic E-state index is 11.9. The van der Waals surface area contributed by atoms with Gasteiger partial charge in [-0.1, -0.05) is 41.7 Å². The molecule has 0 radical (unpaired) electrons. The van der Waals surface area contributed by atoms with E-state index in [2.05, 4.69) is 10.4 Å². The number of benzene rings is 2. The Bertz CT molecular complexity index is 864. The number of carbonyl (C=O) groups excluding carboxylic acids is 2. The van der Waals surface area contributed by atoms with Crippen LogP contribution in [0.2, 0.25) is 0 Å². The molecule has 2 amide bonds. The van der Waals surface area contributed by atoms with Gasteiger partial charge in [0, 0.05) is 5.69 Å². The summed E-state index contributed by atoms with van der Waals surface area (Å²) in [4.78, 5) is 23.5. The van der Waals surface area contributed by atoms with Gasteiger partial charge >= 0.3 is 0 Å². The summed E-state index contributed by atoms with van der Waals surface area (Å²) in [7, 11) is 0. The molecule has 0 saturated carbocycles. The molecule has 0 spiro atoms. The molecule has 0 aromatic heterocycles. The number of ether oxygens (including phenoxy) is 1. The van der Waals surface area contributed by atoms with Crippen molar-refractivity contribution in [3.63, 3.8) is 0 Å². The van der Waals surface area contributed by atoms with E-state index in [0.717, 1.165) is 16.8 Å². The number of amides is 2. The standard InChI is InChI=1S/C19H17N3O3S2/c1-13-2-6-15(7-3-13)21-17(23)11-25-16-8-4-14(5-9-16)10-20-22-18(24)12-27-19(22)26/h2-10H,11-12H2,1H3,(H,21,23)/b20-10+. The first-order valence-electron chi connectivity index (χ1n) is 8.14. The van der Waals surface area contributed by atoms with Crippen LogP contribution in [0.15, 0.2) is 53.6 Å². The highest BCUT2D eigenvalue weighted by molar-refractivity contribution is 8.23. The van der Waals surface area contributed by atoms with Crippen LogP contribution in [-0.4, -0.2) is 39.7 Å². The summed E-state index contributed by atoms with van der Waals surface area (Å²) in [6.45, 7) is 1.90. The zero-order valence-corrected chi connectivity index (χ0v) is 16.2. The van der Waals surface area contributed by atoms with Crippen LogP contribution < -0.4 is 10.1 Å². The smallest absolute Gasteiger partial charge is 0.262 e. The third-order valence-corrected chi connectivity index (χ3v) is 4.97. The molecule has 1 aliphatic rings. The Balaban J connectivity index is 1.50. The third kappa shape index (κ3) is 5.38. The first-order chi connectivity index (χ1) is 13.0. The van der Waals surface area contributed by atoms with E-state index < -0.39 is 0 Å². The molecule has 1 fully saturated rings. The highest BCUT2D eigenvalue weighted by atomic mass is 32.2. The Kier molecular flexibility index (Phi) is 6.20. The number of aryl methyl sites for hydroxylation is 1. The third-order valence-electron chi connectivity index (χ3n) is 3.64. The zero-order chi connectivity index (χ0) is 19.2. The van der Waals surface area contributed by atoms with Crippen molar-refractivity contribution in [1.82, 2.24) is 5.01 Å². The van der Waals surface area contributed by atoms with E-state index in [1.165, 1.54) is 16.8 Å². The maximum atomic E-state index is 11.9. The number of carbonyl (C=O) groups is 2. The summed E-state index contributed by atoms with van der Waals surface area (Å²) < 4.78 is 5.94. The van der Waals surface area contributed by atoms with Gasteiger partial charge in [-0.15, -0.1) is 0 Å². The molecule has 2 aromatic carbocycles. The Morgan fingerprint density at radius 1 is 1.26 bits per heavy atom. The number of hydrogen-bond acceptors (Lipinski definition) is 6. The SMILES string of the molecule is Cc1ccc(NC(=O)COc2ccc(/C=N/N3C(=O)CSC3=S)cc2)cc1. The second-order valence-corrected chi connectivity index (χ2v) is 7.39. The highest BCUT2D eigenvalue weighted by Crippen LogP contribution is 2.19. The average molecular weight is 399 g/mol. The molecule has 0 aliphatic carbocycles. The van der Waals surface area contributed by atoms with Gasteiger partial charge in [0.25, 0.3) is 11.8 Å². The van der Waals surface area contributed by atoms with Gasteiger partial charge in [0.05, 0.1) is 12.0 Å². The Hall–Kier alpha value is -2.71. The number of hydrogen-bond donors (Lipinski definition) is 1. The van der Waals surface area contributed by atoms with Gasteiger partial charge in [0.15, 0.2) is 10.9 Å². The number of hydrazone groups is 1. The summed E-state index contributed by atoms with van der Waals surface area (Å²) in [6.07, 6.45) is 1.56. The zero-order valence-electron chi connectivity index (χ0n) is 14.5.